The topological polar surface area (TPSA) is 125 Å². The lowest BCUT2D eigenvalue weighted by Crippen LogP contribution is -2.25. The molecule has 10 heteroatoms. The summed E-state index contributed by atoms with van der Waals surface area (Å²) in [7, 11) is 0. The smallest absolute Gasteiger partial charge is 0.280 e. The molecule has 3 heterocycles. The predicted molar refractivity (Wildman–Crippen MR) is 85.1 cm³/mol. The van der Waals surface area contributed by atoms with Crippen LogP contribution in [0, 0.1) is 0 Å². The van der Waals surface area contributed by atoms with Crippen molar-refractivity contribution in [3.63, 3.8) is 0 Å². The van der Waals surface area contributed by atoms with Crippen molar-refractivity contribution in [1.82, 2.24) is 19.5 Å². The van der Waals surface area contributed by atoms with E-state index < -0.39 is 0 Å². The lowest BCUT2D eigenvalue weighted by Gasteiger charge is -2.23. The number of halogens is 2. The van der Waals surface area contributed by atoms with Crippen LogP contribution in [0.5, 0.6) is 0 Å². The van der Waals surface area contributed by atoms with Gasteiger partial charge in [-0.15, -0.1) is 24.8 Å². The number of nitrogens with zero attached hydrogens (tertiary/aromatic N) is 3. The zero-order valence-electron chi connectivity index (χ0n) is 11.2. The number of nitrogens with two attached hydrogens (primary N) is 2. The molecule has 0 saturated carbocycles. The SMILES string of the molecule is Cl.Cl.Nc1nc2c(nc(N)n2C[C@@H]2CCCCO2)c(=O)[nH]1. The number of aromatic amines is 1. The Labute approximate surface area is 133 Å². The monoisotopic (exact) mass is 336 g/mol. The number of ether oxygens (including phenoxy) is 1. The van der Waals surface area contributed by atoms with Crippen LogP contribution in [0.15, 0.2) is 4.79 Å². The van der Waals surface area contributed by atoms with Crippen LogP contribution in [-0.4, -0.2) is 32.2 Å². The Morgan fingerprint density at radius 2 is 2.05 bits per heavy atom. The highest BCUT2D eigenvalue weighted by Gasteiger charge is 2.19. The molecular weight excluding hydrogens is 319 g/mol. The fourth-order valence-electron chi connectivity index (χ4n) is 2.38. The van der Waals surface area contributed by atoms with Gasteiger partial charge in [-0.1, -0.05) is 0 Å². The normalized spacial score (nSPS) is 18.0. The van der Waals surface area contributed by atoms with Crippen LogP contribution in [0.1, 0.15) is 19.3 Å². The van der Waals surface area contributed by atoms with Crippen molar-refractivity contribution in [3.05, 3.63) is 10.4 Å². The number of anilines is 2. The largest absolute Gasteiger partial charge is 0.376 e. The number of fused-ring (bicyclic) bond motifs is 1. The number of H-pyrrole nitrogens is 1. The molecule has 0 aromatic carbocycles. The number of hydrogen-bond acceptors (Lipinski definition) is 6. The number of imidazole rings is 1. The Morgan fingerprint density at radius 3 is 2.71 bits per heavy atom. The lowest BCUT2D eigenvalue weighted by atomic mass is 10.1. The Kier molecular flexibility index (Phi) is 5.82. The molecular formula is C11H18Cl2N6O2. The van der Waals surface area contributed by atoms with Gasteiger partial charge in [0.1, 0.15) is 0 Å². The standard InChI is InChI=1S/C11H16N6O2.2ClH/c12-10-15-8-7(9(18)16-10)14-11(13)17(8)5-6-3-1-2-4-19-6;;/h6H,1-5H2,(H2,13,14)(H3,12,15,16,18);2*1H/t6-;;/m0../s1. The summed E-state index contributed by atoms with van der Waals surface area (Å²) in [6.45, 7) is 1.30. The summed E-state index contributed by atoms with van der Waals surface area (Å²) in [5.41, 5.74) is 11.7. The van der Waals surface area contributed by atoms with Crippen LogP contribution >= 0.6 is 24.8 Å². The van der Waals surface area contributed by atoms with Crippen LogP contribution in [-0.2, 0) is 11.3 Å². The van der Waals surface area contributed by atoms with Crippen LogP contribution in [0.25, 0.3) is 11.2 Å². The van der Waals surface area contributed by atoms with Crippen LogP contribution in [0.2, 0.25) is 0 Å². The first-order valence-corrected chi connectivity index (χ1v) is 6.28. The van der Waals surface area contributed by atoms with E-state index in [2.05, 4.69) is 15.0 Å². The van der Waals surface area contributed by atoms with Crippen molar-refractivity contribution in [2.75, 3.05) is 18.1 Å². The van der Waals surface area contributed by atoms with Gasteiger partial charge >= 0.3 is 0 Å². The minimum Gasteiger partial charge on any atom is -0.376 e. The van der Waals surface area contributed by atoms with Gasteiger partial charge in [0.15, 0.2) is 11.2 Å². The van der Waals surface area contributed by atoms with Crippen molar-refractivity contribution in [3.8, 4) is 0 Å². The van der Waals surface area contributed by atoms with E-state index in [9.17, 15) is 4.79 Å². The molecule has 2 aromatic rings. The van der Waals surface area contributed by atoms with Crippen molar-refractivity contribution in [2.24, 2.45) is 0 Å². The Balaban J connectivity index is 0.00000110. The second-order valence-electron chi connectivity index (χ2n) is 4.69. The fourth-order valence-corrected chi connectivity index (χ4v) is 2.38. The van der Waals surface area contributed by atoms with Gasteiger partial charge in [-0.25, -0.2) is 4.98 Å². The highest BCUT2D eigenvalue weighted by Crippen LogP contribution is 2.19. The minimum absolute atomic E-state index is 0. The Morgan fingerprint density at radius 1 is 1.29 bits per heavy atom. The van der Waals surface area contributed by atoms with E-state index in [4.69, 9.17) is 16.2 Å². The van der Waals surface area contributed by atoms with Gasteiger partial charge in [-0.3, -0.25) is 14.3 Å². The predicted octanol–water partition coefficient (Wildman–Crippen LogP) is 0.697. The molecule has 5 N–H and O–H groups in total. The lowest BCUT2D eigenvalue weighted by molar-refractivity contribution is 0.00686. The van der Waals surface area contributed by atoms with Crippen LogP contribution in [0.4, 0.5) is 11.9 Å². The van der Waals surface area contributed by atoms with Gasteiger partial charge in [-0.05, 0) is 19.3 Å². The second-order valence-corrected chi connectivity index (χ2v) is 4.69. The Hall–Kier alpha value is -1.51. The molecule has 1 aliphatic rings. The quantitative estimate of drug-likeness (QED) is 0.741. The number of rotatable bonds is 2. The van der Waals surface area contributed by atoms with E-state index in [1.54, 1.807) is 4.57 Å². The van der Waals surface area contributed by atoms with Crippen LogP contribution in [0.3, 0.4) is 0 Å². The summed E-state index contributed by atoms with van der Waals surface area (Å²) in [5.74, 6) is 0.316. The van der Waals surface area contributed by atoms with E-state index >= 15 is 0 Å². The zero-order valence-corrected chi connectivity index (χ0v) is 12.9. The molecule has 0 unspecified atom stereocenters. The second kappa shape index (κ2) is 6.97. The molecule has 1 aliphatic heterocycles. The maximum absolute atomic E-state index is 11.7. The molecule has 118 valence electrons. The Bertz CT molecular complexity index is 665. The maximum atomic E-state index is 11.7. The third-order valence-corrected chi connectivity index (χ3v) is 3.31. The van der Waals surface area contributed by atoms with Crippen molar-refractivity contribution < 1.29 is 4.74 Å². The molecule has 0 spiro atoms. The minimum atomic E-state index is -0.377. The van der Waals surface area contributed by atoms with E-state index in [-0.39, 0.29) is 53.9 Å². The van der Waals surface area contributed by atoms with Gasteiger partial charge in [0.25, 0.3) is 5.56 Å². The van der Waals surface area contributed by atoms with Crippen molar-refractivity contribution >= 4 is 47.9 Å². The fraction of sp³-hybridized carbons (Fsp3) is 0.545. The van der Waals surface area contributed by atoms with Crippen LogP contribution < -0.4 is 17.0 Å². The highest BCUT2D eigenvalue weighted by molar-refractivity contribution is 5.85. The van der Waals surface area contributed by atoms with Gasteiger partial charge in [0.05, 0.1) is 12.6 Å². The summed E-state index contributed by atoms with van der Waals surface area (Å²) >= 11 is 0. The highest BCUT2D eigenvalue weighted by atomic mass is 35.5. The molecule has 3 rings (SSSR count). The van der Waals surface area contributed by atoms with Gasteiger partial charge in [-0.2, -0.15) is 4.98 Å². The maximum Gasteiger partial charge on any atom is 0.280 e. The third kappa shape index (κ3) is 3.39. The first-order valence-electron chi connectivity index (χ1n) is 6.28. The molecule has 0 radical (unpaired) electrons. The van der Waals surface area contributed by atoms with E-state index in [1.165, 1.54) is 0 Å². The zero-order chi connectivity index (χ0) is 13.4. The molecule has 8 nitrogen and oxygen atoms in total. The van der Waals surface area contributed by atoms with Crippen molar-refractivity contribution in [1.29, 1.82) is 0 Å². The van der Waals surface area contributed by atoms with Gasteiger partial charge in [0.2, 0.25) is 11.9 Å². The average Bonchev–Trinajstić information content (AvgIpc) is 2.69. The first kappa shape index (κ1) is 17.5. The van der Waals surface area contributed by atoms with Crippen molar-refractivity contribution in [2.45, 2.75) is 31.9 Å². The average molecular weight is 337 g/mol. The summed E-state index contributed by atoms with van der Waals surface area (Å²) in [5, 5.41) is 0. The molecule has 0 aliphatic carbocycles. The van der Waals surface area contributed by atoms with E-state index in [0.29, 0.717) is 12.2 Å². The molecule has 1 atom stereocenters. The summed E-state index contributed by atoms with van der Waals surface area (Å²) < 4.78 is 7.36. The van der Waals surface area contributed by atoms with E-state index in [1.807, 2.05) is 0 Å². The number of hydrogen-bond donors (Lipinski definition) is 3. The molecule has 0 amide bonds. The summed E-state index contributed by atoms with van der Waals surface area (Å²) in [6.07, 6.45) is 3.27. The molecule has 2 aromatic heterocycles. The summed E-state index contributed by atoms with van der Waals surface area (Å²) in [6, 6.07) is 0. The third-order valence-electron chi connectivity index (χ3n) is 3.31. The number of nitrogens with one attached hydrogen (secondary N) is 1. The summed E-state index contributed by atoms with van der Waals surface area (Å²) in [4.78, 5) is 22.3. The van der Waals surface area contributed by atoms with Gasteiger partial charge in [0, 0.05) is 6.61 Å². The molecule has 1 fully saturated rings. The van der Waals surface area contributed by atoms with Gasteiger partial charge < -0.3 is 16.2 Å². The number of aromatic nitrogens is 4. The first-order chi connectivity index (χ1) is 9.15. The molecule has 0 bridgehead atoms. The molecule has 1 saturated heterocycles. The number of nitrogen functional groups attached to an aromatic ring is 2. The molecule has 21 heavy (non-hydrogen) atoms. The van der Waals surface area contributed by atoms with E-state index in [0.717, 1.165) is 25.9 Å².